The summed E-state index contributed by atoms with van der Waals surface area (Å²) in [4.78, 5) is 11.7. The van der Waals surface area contributed by atoms with Crippen LogP contribution in [0.15, 0.2) is 60.7 Å². The topological polar surface area (TPSA) is 78.8 Å². The summed E-state index contributed by atoms with van der Waals surface area (Å²) in [5.41, 5.74) is 4.70. The fraction of sp³-hybridized carbons (Fsp3) is 0.367. The zero-order chi connectivity index (χ0) is 26.5. The highest BCUT2D eigenvalue weighted by Crippen LogP contribution is 2.34. The van der Waals surface area contributed by atoms with E-state index in [4.69, 9.17) is 4.74 Å². The van der Waals surface area contributed by atoms with Gasteiger partial charge in [-0.25, -0.2) is 9.18 Å². The third kappa shape index (κ3) is 7.00. The summed E-state index contributed by atoms with van der Waals surface area (Å²) in [7, 11) is 0. The van der Waals surface area contributed by atoms with E-state index in [1.807, 2.05) is 63.2 Å². The van der Waals surface area contributed by atoms with Crippen molar-refractivity contribution in [3.8, 4) is 11.1 Å². The predicted octanol–water partition coefficient (Wildman–Crippen LogP) is 5.86. The minimum absolute atomic E-state index is 0.0778. The van der Waals surface area contributed by atoms with Gasteiger partial charge in [-0.1, -0.05) is 48.5 Å². The van der Waals surface area contributed by atoms with E-state index in [1.165, 1.54) is 0 Å². The standard InChI is InChI=1S/C30H36FNO4/c1-19-11-12-22(15-27(19)31)16-30(4,5)32-17-24(33)18-36-21(3)28-20(2)25(29(34)35)13-14-26(28)23-9-7-6-8-10-23/h6-15,21,24,32-33H,16-18H2,1-5H3,(H,34,35)/t21?,24-/m0/s1. The minimum Gasteiger partial charge on any atom is -0.478 e. The van der Waals surface area contributed by atoms with Crippen molar-refractivity contribution < 1.29 is 24.1 Å². The maximum absolute atomic E-state index is 13.9. The van der Waals surface area contributed by atoms with Crippen LogP contribution >= 0.6 is 0 Å². The smallest absolute Gasteiger partial charge is 0.335 e. The largest absolute Gasteiger partial charge is 0.478 e. The van der Waals surface area contributed by atoms with Gasteiger partial charge in [0.2, 0.25) is 0 Å². The lowest BCUT2D eigenvalue weighted by Crippen LogP contribution is -2.46. The molecule has 6 heteroatoms. The average molecular weight is 494 g/mol. The van der Waals surface area contributed by atoms with E-state index in [0.29, 0.717) is 24.1 Å². The summed E-state index contributed by atoms with van der Waals surface area (Å²) in [5.74, 6) is -1.21. The maximum atomic E-state index is 13.9. The van der Waals surface area contributed by atoms with Crippen molar-refractivity contribution in [3.05, 3.63) is 94.3 Å². The zero-order valence-corrected chi connectivity index (χ0v) is 21.6. The summed E-state index contributed by atoms with van der Waals surface area (Å²) in [6, 6.07) is 18.4. The molecular weight excluding hydrogens is 457 g/mol. The summed E-state index contributed by atoms with van der Waals surface area (Å²) in [6.07, 6.45) is -0.599. The molecule has 0 aromatic heterocycles. The number of benzene rings is 3. The molecule has 3 aromatic rings. The number of β-amino-alcohol motifs (C(OH)–C–C–N with tert-alkyl or cyclic N) is 1. The highest BCUT2D eigenvalue weighted by atomic mass is 19.1. The third-order valence-electron chi connectivity index (χ3n) is 6.47. The first kappa shape index (κ1) is 27.5. The van der Waals surface area contributed by atoms with Crippen LogP contribution in [0.2, 0.25) is 0 Å². The van der Waals surface area contributed by atoms with E-state index in [1.54, 1.807) is 32.0 Å². The molecule has 0 aliphatic rings. The van der Waals surface area contributed by atoms with Gasteiger partial charge >= 0.3 is 5.97 Å². The Morgan fingerprint density at radius 2 is 1.78 bits per heavy atom. The number of ether oxygens (including phenoxy) is 1. The molecule has 0 fully saturated rings. The van der Waals surface area contributed by atoms with Gasteiger partial charge < -0.3 is 20.3 Å². The Balaban J connectivity index is 1.66. The number of halogens is 1. The number of rotatable bonds is 11. The van der Waals surface area contributed by atoms with Gasteiger partial charge in [-0.2, -0.15) is 0 Å². The fourth-order valence-corrected chi connectivity index (χ4v) is 4.46. The van der Waals surface area contributed by atoms with E-state index in [2.05, 4.69) is 5.32 Å². The SMILES string of the molecule is Cc1ccc(CC(C)(C)NC[C@H](O)COC(C)c2c(-c3ccccc3)ccc(C(=O)O)c2C)cc1F. The fourth-order valence-electron chi connectivity index (χ4n) is 4.46. The molecule has 3 rings (SSSR count). The van der Waals surface area contributed by atoms with Crippen molar-refractivity contribution in [2.75, 3.05) is 13.2 Å². The second kappa shape index (κ2) is 11.8. The maximum Gasteiger partial charge on any atom is 0.335 e. The van der Waals surface area contributed by atoms with E-state index in [-0.39, 0.29) is 23.5 Å². The van der Waals surface area contributed by atoms with Crippen LogP contribution in [0.3, 0.4) is 0 Å². The molecule has 0 aliphatic heterocycles. The van der Waals surface area contributed by atoms with E-state index in [9.17, 15) is 19.4 Å². The Morgan fingerprint density at radius 1 is 1.08 bits per heavy atom. The summed E-state index contributed by atoms with van der Waals surface area (Å²) < 4.78 is 20.0. The van der Waals surface area contributed by atoms with Crippen molar-refractivity contribution in [3.63, 3.8) is 0 Å². The van der Waals surface area contributed by atoms with Gasteiger partial charge in [-0.05, 0) is 86.6 Å². The molecule has 2 atom stereocenters. The number of aliphatic hydroxyl groups excluding tert-OH is 1. The van der Waals surface area contributed by atoms with Gasteiger partial charge in [0.05, 0.1) is 24.4 Å². The number of hydrogen-bond acceptors (Lipinski definition) is 4. The number of nitrogens with one attached hydrogen (secondary N) is 1. The van der Waals surface area contributed by atoms with Gasteiger partial charge in [-0.3, -0.25) is 0 Å². The van der Waals surface area contributed by atoms with Crippen LogP contribution in [-0.4, -0.2) is 41.0 Å². The van der Waals surface area contributed by atoms with Gasteiger partial charge in [0.15, 0.2) is 0 Å². The van der Waals surface area contributed by atoms with Crippen LogP contribution in [0.1, 0.15) is 59.5 Å². The van der Waals surface area contributed by atoms with Gasteiger partial charge in [0.1, 0.15) is 5.82 Å². The monoisotopic (exact) mass is 493 g/mol. The molecule has 36 heavy (non-hydrogen) atoms. The molecule has 1 unspecified atom stereocenters. The molecule has 0 saturated heterocycles. The molecule has 5 nitrogen and oxygen atoms in total. The predicted molar refractivity (Wildman–Crippen MR) is 141 cm³/mol. The third-order valence-corrected chi connectivity index (χ3v) is 6.47. The first-order valence-electron chi connectivity index (χ1n) is 12.2. The number of aryl methyl sites for hydroxylation is 1. The van der Waals surface area contributed by atoms with Crippen molar-refractivity contribution in [2.24, 2.45) is 0 Å². The second-order valence-corrected chi connectivity index (χ2v) is 10.0. The molecule has 0 heterocycles. The van der Waals surface area contributed by atoms with Crippen LogP contribution in [0.25, 0.3) is 11.1 Å². The van der Waals surface area contributed by atoms with E-state index >= 15 is 0 Å². The summed E-state index contributed by atoms with van der Waals surface area (Å²) >= 11 is 0. The van der Waals surface area contributed by atoms with Crippen LogP contribution in [0, 0.1) is 19.7 Å². The minimum atomic E-state index is -0.986. The van der Waals surface area contributed by atoms with Crippen molar-refractivity contribution in [2.45, 2.75) is 58.8 Å². The van der Waals surface area contributed by atoms with Crippen molar-refractivity contribution in [1.82, 2.24) is 5.32 Å². The van der Waals surface area contributed by atoms with Crippen LogP contribution < -0.4 is 5.32 Å². The van der Waals surface area contributed by atoms with Crippen LogP contribution in [0.5, 0.6) is 0 Å². The number of carboxylic acids is 1. The molecule has 192 valence electrons. The number of carboxylic acid groups (broad SMARTS) is 1. The molecule has 3 N–H and O–H groups in total. The van der Waals surface area contributed by atoms with Gasteiger partial charge in [-0.15, -0.1) is 0 Å². The molecule has 0 radical (unpaired) electrons. The number of aliphatic hydroxyl groups is 1. The molecule has 0 bridgehead atoms. The molecule has 0 saturated carbocycles. The van der Waals surface area contributed by atoms with Crippen molar-refractivity contribution in [1.29, 1.82) is 0 Å². The van der Waals surface area contributed by atoms with E-state index < -0.39 is 18.2 Å². The Bertz CT molecular complexity index is 1190. The first-order valence-corrected chi connectivity index (χ1v) is 12.2. The second-order valence-electron chi connectivity index (χ2n) is 10.0. The molecule has 0 amide bonds. The summed E-state index contributed by atoms with van der Waals surface area (Å²) in [5, 5.41) is 23.6. The van der Waals surface area contributed by atoms with Crippen LogP contribution in [0.4, 0.5) is 4.39 Å². The number of carbonyl (C=O) groups is 1. The summed E-state index contributed by atoms with van der Waals surface area (Å²) in [6.45, 7) is 9.79. The highest BCUT2D eigenvalue weighted by Gasteiger charge is 2.23. The Morgan fingerprint density at radius 3 is 2.42 bits per heavy atom. The van der Waals surface area contributed by atoms with Gasteiger partial charge in [0.25, 0.3) is 0 Å². The zero-order valence-electron chi connectivity index (χ0n) is 21.6. The van der Waals surface area contributed by atoms with Crippen molar-refractivity contribution >= 4 is 5.97 Å². The lowest BCUT2D eigenvalue weighted by molar-refractivity contribution is -0.00423. The Hall–Kier alpha value is -3.06. The first-order chi connectivity index (χ1) is 17.0. The van der Waals surface area contributed by atoms with Crippen LogP contribution in [-0.2, 0) is 11.2 Å². The molecule has 0 aliphatic carbocycles. The Labute approximate surface area is 213 Å². The number of hydrogen-bond donors (Lipinski definition) is 3. The van der Waals surface area contributed by atoms with E-state index in [0.717, 1.165) is 22.3 Å². The molecule has 0 spiro atoms. The number of aromatic carboxylic acids is 1. The average Bonchev–Trinajstić information content (AvgIpc) is 2.83. The highest BCUT2D eigenvalue weighted by molar-refractivity contribution is 5.91. The lowest BCUT2D eigenvalue weighted by Gasteiger charge is -2.29. The van der Waals surface area contributed by atoms with Gasteiger partial charge in [0, 0.05) is 12.1 Å². The normalized spacial score (nSPS) is 13.4. The quantitative estimate of drug-likeness (QED) is 0.312. The molecular formula is C30H36FNO4. The lowest BCUT2D eigenvalue weighted by atomic mass is 9.90. The molecule has 3 aromatic carbocycles. The Kier molecular flexibility index (Phi) is 9.01.